The number of nitrogens with zero attached hydrogens (tertiary/aromatic N) is 3. The second-order valence-electron chi connectivity index (χ2n) is 4.63. The summed E-state index contributed by atoms with van der Waals surface area (Å²) in [6, 6.07) is 11.0. The van der Waals surface area contributed by atoms with Crippen LogP contribution in [0.5, 0.6) is 0 Å². The van der Waals surface area contributed by atoms with Gasteiger partial charge in [-0.25, -0.2) is 0 Å². The van der Waals surface area contributed by atoms with E-state index in [9.17, 15) is 18.0 Å². The van der Waals surface area contributed by atoms with Crippen molar-refractivity contribution in [1.29, 1.82) is 5.26 Å². The lowest BCUT2D eigenvalue weighted by molar-refractivity contribution is -0.137. The summed E-state index contributed by atoms with van der Waals surface area (Å²) in [6.45, 7) is -0.0206. The first kappa shape index (κ1) is 16.5. The Hall–Kier alpha value is -2.88. The molecule has 0 aliphatic heterocycles. The molecule has 0 aliphatic rings. The van der Waals surface area contributed by atoms with E-state index in [2.05, 4.69) is 4.98 Å². The molecule has 7 heteroatoms. The summed E-state index contributed by atoms with van der Waals surface area (Å²) >= 11 is 0. The maximum Gasteiger partial charge on any atom is 0.416 e. The van der Waals surface area contributed by atoms with Crippen molar-refractivity contribution in [3.63, 3.8) is 0 Å². The summed E-state index contributed by atoms with van der Waals surface area (Å²) in [5, 5.41) is 8.71. The van der Waals surface area contributed by atoms with Gasteiger partial charge in [0.25, 0.3) is 5.91 Å². The fraction of sp³-hybridized carbons (Fsp3) is 0.188. The predicted molar refractivity (Wildman–Crippen MR) is 77.6 cm³/mol. The Morgan fingerprint density at radius 2 is 2.00 bits per heavy atom. The normalized spacial score (nSPS) is 10.9. The van der Waals surface area contributed by atoms with Crippen molar-refractivity contribution in [2.75, 3.05) is 11.4 Å². The number of rotatable bonds is 4. The second kappa shape index (κ2) is 6.92. The van der Waals surface area contributed by atoms with Crippen LogP contribution in [-0.4, -0.2) is 17.4 Å². The summed E-state index contributed by atoms with van der Waals surface area (Å²) in [5.41, 5.74) is -0.681. The van der Waals surface area contributed by atoms with Gasteiger partial charge in [-0.15, -0.1) is 0 Å². The molecule has 0 N–H and O–H groups in total. The van der Waals surface area contributed by atoms with Gasteiger partial charge in [0.05, 0.1) is 18.1 Å². The molecule has 0 spiro atoms. The minimum absolute atomic E-state index is 0.00514. The molecule has 2 rings (SSSR count). The first-order valence-corrected chi connectivity index (χ1v) is 6.70. The lowest BCUT2D eigenvalue weighted by atomic mass is 10.1. The summed E-state index contributed by atoms with van der Waals surface area (Å²) in [6.07, 6.45) is -3.10. The molecule has 0 unspecified atom stereocenters. The monoisotopic (exact) mass is 319 g/mol. The maximum absolute atomic E-state index is 12.8. The third-order valence-electron chi connectivity index (χ3n) is 3.06. The molecule has 0 radical (unpaired) electrons. The van der Waals surface area contributed by atoms with Gasteiger partial charge in [0, 0.05) is 18.4 Å². The number of halogens is 3. The summed E-state index contributed by atoms with van der Waals surface area (Å²) in [4.78, 5) is 17.5. The highest BCUT2D eigenvalue weighted by Gasteiger charge is 2.31. The fourth-order valence-electron chi connectivity index (χ4n) is 1.99. The molecule has 4 nitrogen and oxygen atoms in total. The van der Waals surface area contributed by atoms with Gasteiger partial charge in [0.15, 0.2) is 0 Å². The Kier molecular flexibility index (Phi) is 4.96. The van der Waals surface area contributed by atoms with Gasteiger partial charge in [-0.1, -0.05) is 12.1 Å². The second-order valence-corrected chi connectivity index (χ2v) is 4.63. The molecule has 0 atom stereocenters. The van der Waals surface area contributed by atoms with Crippen molar-refractivity contribution in [1.82, 2.24) is 4.98 Å². The van der Waals surface area contributed by atoms with E-state index >= 15 is 0 Å². The molecule has 0 bridgehead atoms. The number of amides is 1. The topological polar surface area (TPSA) is 57.0 Å². The molecule has 0 saturated heterocycles. The van der Waals surface area contributed by atoms with E-state index in [4.69, 9.17) is 5.26 Å². The maximum atomic E-state index is 12.8. The van der Waals surface area contributed by atoms with Crippen LogP contribution in [0.4, 0.5) is 18.9 Å². The number of anilines is 1. The highest BCUT2D eigenvalue weighted by molar-refractivity contribution is 6.04. The van der Waals surface area contributed by atoms with Crippen LogP contribution in [0.3, 0.4) is 0 Å². The van der Waals surface area contributed by atoms with Crippen LogP contribution in [0.25, 0.3) is 0 Å². The van der Waals surface area contributed by atoms with Crippen LogP contribution in [0.2, 0.25) is 0 Å². The molecule has 1 aromatic carbocycles. The van der Waals surface area contributed by atoms with Crippen molar-refractivity contribution >= 4 is 11.6 Å². The fourth-order valence-corrected chi connectivity index (χ4v) is 1.99. The Labute approximate surface area is 130 Å². The lowest BCUT2D eigenvalue weighted by Crippen LogP contribution is -2.32. The van der Waals surface area contributed by atoms with E-state index in [1.165, 1.54) is 24.4 Å². The number of hydrogen-bond acceptors (Lipinski definition) is 3. The number of carbonyl (C=O) groups excluding carboxylic acids is 1. The minimum atomic E-state index is -4.51. The van der Waals surface area contributed by atoms with E-state index in [1.54, 1.807) is 12.1 Å². The SMILES string of the molecule is N#CCCN(C(=O)c1ccccn1)c1cccc(C(F)(F)F)c1. The van der Waals surface area contributed by atoms with Crippen LogP contribution < -0.4 is 4.90 Å². The number of pyridine rings is 1. The Morgan fingerprint density at radius 3 is 2.61 bits per heavy atom. The van der Waals surface area contributed by atoms with Gasteiger partial charge in [0.2, 0.25) is 0 Å². The van der Waals surface area contributed by atoms with Crippen molar-refractivity contribution < 1.29 is 18.0 Å². The minimum Gasteiger partial charge on any atom is -0.306 e. The molecule has 23 heavy (non-hydrogen) atoms. The summed E-state index contributed by atoms with van der Waals surface area (Å²) in [7, 11) is 0. The zero-order chi connectivity index (χ0) is 16.9. The number of carbonyl (C=O) groups is 1. The smallest absolute Gasteiger partial charge is 0.306 e. The molecule has 1 heterocycles. The van der Waals surface area contributed by atoms with Crippen LogP contribution >= 0.6 is 0 Å². The summed E-state index contributed by atoms with van der Waals surface area (Å²) < 4.78 is 38.5. The zero-order valence-corrected chi connectivity index (χ0v) is 11.9. The molecule has 1 amide bonds. The number of alkyl halides is 3. The Bertz CT molecular complexity index is 723. The van der Waals surface area contributed by atoms with Crippen molar-refractivity contribution in [2.45, 2.75) is 12.6 Å². The van der Waals surface area contributed by atoms with Crippen molar-refractivity contribution in [3.05, 3.63) is 59.9 Å². The average Bonchev–Trinajstić information content (AvgIpc) is 2.55. The number of nitriles is 1. The molecule has 118 valence electrons. The zero-order valence-electron chi connectivity index (χ0n) is 11.9. The molecule has 0 saturated carbocycles. The van der Waals surface area contributed by atoms with Gasteiger partial charge < -0.3 is 4.90 Å². The number of hydrogen-bond donors (Lipinski definition) is 0. The van der Waals surface area contributed by atoms with E-state index in [0.29, 0.717) is 0 Å². The molecule has 0 aliphatic carbocycles. The average molecular weight is 319 g/mol. The Balaban J connectivity index is 2.40. The van der Waals surface area contributed by atoms with E-state index < -0.39 is 17.6 Å². The first-order valence-electron chi connectivity index (χ1n) is 6.70. The number of aromatic nitrogens is 1. The number of benzene rings is 1. The van der Waals surface area contributed by atoms with Crippen LogP contribution in [0.1, 0.15) is 22.5 Å². The van der Waals surface area contributed by atoms with Gasteiger partial charge in [-0.3, -0.25) is 9.78 Å². The third-order valence-corrected chi connectivity index (χ3v) is 3.06. The molecular formula is C16H12F3N3O. The van der Waals surface area contributed by atoms with Crippen molar-refractivity contribution in [2.24, 2.45) is 0 Å². The van der Waals surface area contributed by atoms with E-state index in [-0.39, 0.29) is 24.3 Å². The summed E-state index contributed by atoms with van der Waals surface area (Å²) in [5.74, 6) is -0.555. The Morgan fingerprint density at radius 1 is 1.22 bits per heavy atom. The standard InChI is InChI=1S/C16H12F3N3O/c17-16(18,19)12-5-3-6-13(11-12)22(10-4-8-20)15(23)14-7-1-2-9-21-14/h1-3,5-7,9,11H,4,10H2. The molecular weight excluding hydrogens is 307 g/mol. The highest BCUT2D eigenvalue weighted by Crippen LogP contribution is 2.32. The lowest BCUT2D eigenvalue weighted by Gasteiger charge is -2.22. The third kappa shape index (κ3) is 4.07. The highest BCUT2D eigenvalue weighted by atomic mass is 19.4. The van der Waals surface area contributed by atoms with Gasteiger partial charge in [-0.05, 0) is 30.3 Å². The van der Waals surface area contributed by atoms with Crippen LogP contribution in [0.15, 0.2) is 48.7 Å². The largest absolute Gasteiger partial charge is 0.416 e. The van der Waals surface area contributed by atoms with Gasteiger partial charge in [0.1, 0.15) is 5.69 Å². The van der Waals surface area contributed by atoms with E-state index in [1.807, 2.05) is 6.07 Å². The first-order chi connectivity index (χ1) is 10.9. The quantitative estimate of drug-likeness (QED) is 0.864. The predicted octanol–water partition coefficient (Wildman–Crippen LogP) is 3.66. The molecule has 1 aromatic heterocycles. The van der Waals surface area contributed by atoms with Crippen LogP contribution in [0, 0.1) is 11.3 Å². The van der Waals surface area contributed by atoms with E-state index in [0.717, 1.165) is 17.0 Å². The van der Waals surface area contributed by atoms with Gasteiger partial charge in [-0.2, -0.15) is 18.4 Å². The van der Waals surface area contributed by atoms with Crippen LogP contribution in [-0.2, 0) is 6.18 Å². The molecule has 2 aromatic rings. The van der Waals surface area contributed by atoms with Crippen molar-refractivity contribution in [3.8, 4) is 6.07 Å². The molecule has 0 fully saturated rings. The van der Waals surface area contributed by atoms with Gasteiger partial charge >= 0.3 is 6.18 Å².